The van der Waals surface area contributed by atoms with Gasteiger partial charge in [-0.1, -0.05) is 44.2 Å². The molecule has 2 aliphatic heterocycles. The van der Waals surface area contributed by atoms with Crippen molar-refractivity contribution in [3.05, 3.63) is 42.5 Å². The Kier molecular flexibility index (Phi) is 8.99. The molecule has 3 unspecified atom stereocenters. The number of amides is 2. The molecule has 2 fully saturated rings. The largest absolute Gasteiger partial charge is 0.378 e. The quantitative estimate of drug-likeness (QED) is 0.454. The standard InChI is InChI=1S/C24H34N2O4S/c1-18(17-19(2)23(27)25-9-13-29-14-10-25)22(31-21-7-5-4-6-8-21)20(3)24(28)26-11-15-30-16-12-26/h4-8,19-20,22H,1,9-17H2,2-3H3. The van der Waals surface area contributed by atoms with Gasteiger partial charge in [0.25, 0.3) is 0 Å². The Morgan fingerprint density at radius 1 is 0.935 bits per heavy atom. The summed E-state index contributed by atoms with van der Waals surface area (Å²) >= 11 is 1.66. The van der Waals surface area contributed by atoms with Gasteiger partial charge in [0.1, 0.15) is 0 Å². The first-order valence-corrected chi connectivity index (χ1v) is 12.0. The fraction of sp³-hybridized carbons (Fsp3) is 0.583. The molecular weight excluding hydrogens is 412 g/mol. The van der Waals surface area contributed by atoms with Gasteiger partial charge in [0.2, 0.25) is 11.8 Å². The first-order chi connectivity index (χ1) is 15.0. The molecule has 170 valence electrons. The highest BCUT2D eigenvalue weighted by Crippen LogP contribution is 2.36. The van der Waals surface area contributed by atoms with Gasteiger partial charge in [-0.15, -0.1) is 11.8 Å². The van der Waals surface area contributed by atoms with E-state index >= 15 is 0 Å². The Morgan fingerprint density at radius 2 is 1.45 bits per heavy atom. The van der Waals surface area contributed by atoms with Gasteiger partial charge < -0.3 is 19.3 Å². The second kappa shape index (κ2) is 11.7. The van der Waals surface area contributed by atoms with E-state index in [4.69, 9.17) is 9.47 Å². The summed E-state index contributed by atoms with van der Waals surface area (Å²) in [5.74, 6) is -0.137. The van der Waals surface area contributed by atoms with E-state index in [1.165, 1.54) is 0 Å². The summed E-state index contributed by atoms with van der Waals surface area (Å²) in [5.41, 5.74) is 0.942. The van der Waals surface area contributed by atoms with Crippen LogP contribution in [0.3, 0.4) is 0 Å². The molecule has 0 N–H and O–H groups in total. The molecule has 7 heteroatoms. The fourth-order valence-electron chi connectivity index (χ4n) is 4.08. The van der Waals surface area contributed by atoms with Gasteiger partial charge in [0.05, 0.1) is 32.3 Å². The molecule has 2 amide bonds. The van der Waals surface area contributed by atoms with Crippen LogP contribution < -0.4 is 0 Å². The Morgan fingerprint density at radius 3 is 2.00 bits per heavy atom. The summed E-state index contributed by atoms with van der Waals surface area (Å²) in [7, 11) is 0. The van der Waals surface area contributed by atoms with Crippen molar-refractivity contribution >= 4 is 23.6 Å². The van der Waals surface area contributed by atoms with E-state index in [9.17, 15) is 9.59 Å². The van der Waals surface area contributed by atoms with Gasteiger partial charge >= 0.3 is 0 Å². The van der Waals surface area contributed by atoms with E-state index in [1.807, 2.05) is 41.8 Å². The van der Waals surface area contributed by atoms with Crippen molar-refractivity contribution in [2.45, 2.75) is 30.4 Å². The van der Waals surface area contributed by atoms with Gasteiger partial charge in [-0.3, -0.25) is 9.59 Å². The lowest BCUT2D eigenvalue weighted by atomic mass is 9.92. The van der Waals surface area contributed by atoms with Crippen LogP contribution in [-0.4, -0.2) is 79.5 Å². The van der Waals surface area contributed by atoms with Crippen LogP contribution in [0, 0.1) is 11.8 Å². The number of ether oxygens (including phenoxy) is 2. The van der Waals surface area contributed by atoms with Gasteiger partial charge in [-0.25, -0.2) is 0 Å². The van der Waals surface area contributed by atoms with E-state index in [2.05, 4.69) is 18.7 Å². The molecule has 1 aromatic carbocycles. The zero-order valence-electron chi connectivity index (χ0n) is 18.6. The van der Waals surface area contributed by atoms with Crippen molar-refractivity contribution in [3.8, 4) is 0 Å². The summed E-state index contributed by atoms with van der Waals surface area (Å²) in [6.45, 7) is 13.2. The highest BCUT2D eigenvalue weighted by molar-refractivity contribution is 8.00. The maximum absolute atomic E-state index is 13.2. The van der Waals surface area contributed by atoms with Crippen LogP contribution in [0.5, 0.6) is 0 Å². The average molecular weight is 447 g/mol. The maximum atomic E-state index is 13.2. The fourth-order valence-corrected chi connectivity index (χ4v) is 5.27. The van der Waals surface area contributed by atoms with Crippen molar-refractivity contribution in [2.75, 3.05) is 52.6 Å². The lowest BCUT2D eigenvalue weighted by Crippen LogP contribution is -2.46. The lowest BCUT2D eigenvalue weighted by Gasteiger charge is -2.34. The number of hydrogen-bond donors (Lipinski definition) is 0. The van der Waals surface area contributed by atoms with Crippen LogP contribution >= 0.6 is 11.8 Å². The minimum atomic E-state index is -0.235. The number of benzene rings is 1. The van der Waals surface area contributed by atoms with Crippen LogP contribution in [0.2, 0.25) is 0 Å². The van der Waals surface area contributed by atoms with Crippen molar-refractivity contribution < 1.29 is 19.1 Å². The van der Waals surface area contributed by atoms with Crippen molar-refractivity contribution in [1.82, 2.24) is 9.80 Å². The predicted octanol–water partition coefficient (Wildman–Crippen LogP) is 3.08. The summed E-state index contributed by atoms with van der Waals surface area (Å²) in [6, 6.07) is 10.1. The smallest absolute Gasteiger partial charge is 0.227 e. The molecule has 3 rings (SSSR count). The highest BCUT2D eigenvalue weighted by Gasteiger charge is 2.33. The van der Waals surface area contributed by atoms with Crippen molar-refractivity contribution in [2.24, 2.45) is 11.8 Å². The monoisotopic (exact) mass is 446 g/mol. The van der Waals surface area contributed by atoms with E-state index in [-0.39, 0.29) is 28.9 Å². The summed E-state index contributed by atoms with van der Waals surface area (Å²) in [5, 5.41) is -0.0994. The molecule has 0 aliphatic carbocycles. The first kappa shape index (κ1) is 23.8. The Bertz CT molecular complexity index is 745. The van der Waals surface area contributed by atoms with Crippen molar-refractivity contribution in [3.63, 3.8) is 0 Å². The van der Waals surface area contributed by atoms with Crippen LogP contribution in [-0.2, 0) is 19.1 Å². The third kappa shape index (κ3) is 6.57. The summed E-state index contributed by atoms with van der Waals surface area (Å²) in [4.78, 5) is 31.0. The minimum absolute atomic E-state index is 0.0994. The Hall–Kier alpha value is -1.83. The molecular formula is C24H34N2O4S. The number of rotatable bonds is 8. The van der Waals surface area contributed by atoms with Crippen LogP contribution in [0.1, 0.15) is 20.3 Å². The van der Waals surface area contributed by atoms with Gasteiger partial charge in [-0.05, 0) is 18.6 Å². The zero-order valence-corrected chi connectivity index (χ0v) is 19.4. The molecule has 2 saturated heterocycles. The molecule has 0 spiro atoms. The molecule has 2 heterocycles. The highest BCUT2D eigenvalue weighted by atomic mass is 32.2. The molecule has 3 atom stereocenters. The number of nitrogens with zero attached hydrogens (tertiary/aromatic N) is 2. The number of thioether (sulfide) groups is 1. The van der Waals surface area contributed by atoms with Gasteiger partial charge in [-0.2, -0.15) is 0 Å². The van der Waals surface area contributed by atoms with Crippen LogP contribution in [0.4, 0.5) is 0 Å². The normalized spacial score (nSPS) is 20.1. The Labute approximate surface area is 189 Å². The zero-order chi connectivity index (χ0) is 22.2. The van der Waals surface area contributed by atoms with E-state index in [0.717, 1.165) is 10.5 Å². The predicted molar refractivity (Wildman–Crippen MR) is 123 cm³/mol. The van der Waals surface area contributed by atoms with E-state index < -0.39 is 0 Å². The molecule has 1 aromatic rings. The van der Waals surface area contributed by atoms with Crippen LogP contribution in [0.15, 0.2) is 47.4 Å². The van der Waals surface area contributed by atoms with Crippen LogP contribution in [0.25, 0.3) is 0 Å². The second-order valence-electron chi connectivity index (χ2n) is 8.28. The number of carbonyl (C=O) groups excluding carboxylic acids is 2. The van der Waals surface area contributed by atoms with Crippen molar-refractivity contribution in [1.29, 1.82) is 0 Å². The summed E-state index contributed by atoms with van der Waals surface area (Å²) < 4.78 is 10.8. The Balaban J connectivity index is 1.70. The van der Waals surface area contributed by atoms with E-state index in [1.54, 1.807) is 11.8 Å². The number of morpholine rings is 2. The first-order valence-electron chi connectivity index (χ1n) is 11.1. The van der Waals surface area contributed by atoms with E-state index in [0.29, 0.717) is 59.0 Å². The van der Waals surface area contributed by atoms with Gasteiger partial charge in [0, 0.05) is 42.2 Å². The average Bonchev–Trinajstić information content (AvgIpc) is 2.82. The maximum Gasteiger partial charge on any atom is 0.227 e. The lowest BCUT2D eigenvalue weighted by molar-refractivity contribution is -0.139. The SMILES string of the molecule is C=C(CC(C)C(=O)N1CCOCC1)C(Sc1ccccc1)C(C)C(=O)N1CCOCC1. The molecule has 0 saturated carbocycles. The molecule has 0 bridgehead atoms. The molecule has 31 heavy (non-hydrogen) atoms. The topological polar surface area (TPSA) is 59.1 Å². The van der Waals surface area contributed by atoms with Gasteiger partial charge in [0.15, 0.2) is 0 Å². The molecule has 0 aromatic heterocycles. The molecule has 0 radical (unpaired) electrons. The molecule has 2 aliphatic rings. The summed E-state index contributed by atoms with van der Waals surface area (Å²) in [6.07, 6.45) is 0.571. The number of hydrogen-bond acceptors (Lipinski definition) is 5. The third-order valence-electron chi connectivity index (χ3n) is 5.89. The minimum Gasteiger partial charge on any atom is -0.378 e. The second-order valence-corrected chi connectivity index (χ2v) is 9.49. The third-order valence-corrected chi connectivity index (χ3v) is 7.43. The number of carbonyl (C=O) groups is 2. The molecule has 6 nitrogen and oxygen atoms in total.